The zero-order valence-electron chi connectivity index (χ0n) is 20.7. The predicted octanol–water partition coefficient (Wildman–Crippen LogP) is 4.08. The molecule has 0 spiro atoms. The van der Waals surface area contributed by atoms with Gasteiger partial charge < -0.3 is 14.5 Å². The Balaban J connectivity index is 1.28. The van der Waals surface area contributed by atoms with E-state index in [0.717, 1.165) is 35.6 Å². The molecular weight excluding hydrogens is 516 g/mol. The van der Waals surface area contributed by atoms with Crippen molar-refractivity contribution >= 4 is 39.2 Å². The Kier molecular flexibility index (Phi) is 7.43. The second kappa shape index (κ2) is 10.7. The number of aliphatic imine (C=N–C) groups is 1. The van der Waals surface area contributed by atoms with Crippen molar-refractivity contribution < 1.29 is 22.4 Å². The van der Waals surface area contributed by atoms with E-state index in [1.54, 1.807) is 17.4 Å². The van der Waals surface area contributed by atoms with Crippen LogP contribution in [0.2, 0.25) is 0 Å². The van der Waals surface area contributed by atoms with Crippen molar-refractivity contribution in [2.75, 3.05) is 0 Å². The molecule has 3 aliphatic rings. The van der Waals surface area contributed by atoms with Gasteiger partial charge in [0, 0.05) is 28.7 Å². The minimum Gasteiger partial charge on any atom is -0.447 e. The van der Waals surface area contributed by atoms with E-state index in [1.165, 1.54) is 6.39 Å². The monoisotopic (exact) mass is 546 g/mol. The third-order valence-corrected chi connectivity index (χ3v) is 9.60. The average molecular weight is 547 g/mol. The fraction of sp³-hybridized carbons (Fsp3) is 0.542. The van der Waals surface area contributed by atoms with Crippen LogP contribution in [0.1, 0.15) is 74.1 Å². The molecule has 5 rings (SSSR count). The lowest BCUT2D eigenvalue weighted by Gasteiger charge is -2.28. The molecule has 0 radical (unpaired) electrons. The summed E-state index contributed by atoms with van der Waals surface area (Å²) >= 11 is 1.60. The number of ether oxygens (including phenoxy) is 1. The maximum absolute atomic E-state index is 12.8. The van der Waals surface area contributed by atoms with Crippen molar-refractivity contribution in [1.29, 1.82) is 0 Å². The largest absolute Gasteiger partial charge is 0.447 e. The van der Waals surface area contributed by atoms with Crippen molar-refractivity contribution in [1.82, 2.24) is 25.2 Å². The first-order valence-electron chi connectivity index (χ1n) is 12.5. The van der Waals surface area contributed by atoms with E-state index in [-0.39, 0.29) is 35.4 Å². The second-order valence-corrected chi connectivity index (χ2v) is 12.8. The molecule has 0 bridgehead atoms. The maximum Gasteiger partial charge on any atom is 0.407 e. The van der Waals surface area contributed by atoms with E-state index < -0.39 is 10.0 Å². The summed E-state index contributed by atoms with van der Waals surface area (Å²) in [6.07, 6.45) is 12.8. The Hall–Kier alpha value is -3.06. The van der Waals surface area contributed by atoms with Gasteiger partial charge >= 0.3 is 12.1 Å². The summed E-state index contributed by atoms with van der Waals surface area (Å²) in [6, 6.07) is 0.201. The number of amides is 1. The molecule has 1 atom stereocenters. The first-order chi connectivity index (χ1) is 17.8. The van der Waals surface area contributed by atoms with Gasteiger partial charge in [0.05, 0.1) is 28.0 Å². The molecule has 11 nitrogen and oxygen atoms in total. The molecule has 2 aromatic rings. The van der Waals surface area contributed by atoms with Gasteiger partial charge in [-0.15, -0.1) is 16.4 Å². The van der Waals surface area contributed by atoms with Crippen LogP contribution in [-0.2, 0) is 14.8 Å². The highest BCUT2D eigenvalue weighted by atomic mass is 32.2. The molecule has 0 aromatic carbocycles. The highest BCUT2D eigenvalue weighted by Crippen LogP contribution is 2.39. The van der Waals surface area contributed by atoms with Crippen LogP contribution in [0.25, 0.3) is 0 Å². The molecule has 198 valence electrons. The highest BCUT2D eigenvalue weighted by Gasteiger charge is 2.37. The normalized spacial score (nSPS) is 25.2. The minimum absolute atomic E-state index is 0.0985. The third-order valence-electron chi connectivity index (χ3n) is 6.48. The van der Waals surface area contributed by atoms with E-state index in [4.69, 9.17) is 14.1 Å². The number of aromatic nitrogens is 3. The molecule has 2 heterocycles. The van der Waals surface area contributed by atoms with Gasteiger partial charge in [-0.25, -0.2) is 18.2 Å². The third kappa shape index (κ3) is 6.45. The number of nitrogens with zero attached hydrogens (tertiary/aromatic N) is 4. The van der Waals surface area contributed by atoms with Crippen LogP contribution in [0, 0.1) is 0 Å². The van der Waals surface area contributed by atoms with Gasteiger partial charge in [0.1, 0.15) is 0 Å². The number of alkyl carbamates (subject to hydrolysis) is 1. The minimum atomic E-state index is -3.47. The van der Waals surface area contributed by atoms with E-state index in [2.05, 4.69) is 25.2 Å². The molecule has 13 heteroatoms. The number of carbonyl (C=O) groups excluding carboxylic acids is 1. The molecule has 2 saturated carbocycles. The quantitative estimate of drug-likeness (QED) is 0.503. The number of allylic oxidation sites excluding steroid dienone is 3. The number of hydrogen-bond donors (Lipinski definition) is 2. The number of hydrogen-bond acceptors (Lipinski definition) is 10. The molecule has 1 unspecified atom stereocenters. The topological polar surface area (TPSA) is 149 Å². The highest BCUT2D eigenvalue weighted by molar-refractivity contribution is 7.90. The van der Waals surface area contributed by atoms with Gasteiger partial charge in [-0.3, -0.25) is 4.72 Å². The molecule has 2 fully saturated rings. The summed E-state index contributed by atoms with van der Waals surface area (Å²) in [5.74, 6) is 0.0148. The van der Waals surface area contributed by atoms with Crippen LogP contribution >= 0.6 is 11.3 Å². The lowest BCUT2D eigenvalue weighted by atomic mass is 9.86. The van der Waals surface area contributed by atoms with Gasteiger partial charge in [-0.05, 0) is 64.5 Å². The zero-order chi connectivity index (χ0) is 26.0. The van der Waals surface area contributed by atoms with Gasteiger partial charge in [0.15, 0.2) is 0 Å². The van der Waals surface area contributed by atoms with Crippen LogP contribution in [-0.4, -0.2) is 52.8 Å². The molecule has 2 N–H and O–H groups in total. The first-order valence-corrected chi connectivity index (χ1v) is 14.8. The van der Waals surface area contributed by atoms with Crippen LogP contribution in [0.15, 0.2) is 45.9 Å². The predicted molar refractivity (Wildman–Crippen MR) is 138 cm³/mol. The first kappa shape index (κ1) is 25.6. The number of sulfonamides is 1. The standard InChI is InChI=1S/C24H30N6O5S2/c1-14(2)35-24(31)28-16-5-3-15(4-6-16)22-25-12-21(36-22)19-10-7-17(27-23-29-26-13-34-23)11-20(19)30-37(32,33)18-8-9-18/h7,10-16,18-19,30H,3-6,8-9H2,1-2H3,(H,28,31)/b27-17-. The van der Waals surface area contributed by atoms with Gasteiger partial charge in [0.2, 0.25) is 16.4 Å². The van der Waals surface area contributed by atoms with Crippen LogP contribution in [0.5, 0.6) is 0 Å². The van der Waals surface area contributed by atoms with Crippen molar-refractivity contribution in [3.63, 3.8) is 0 Å². The Morgan fingerprint density at radius 3 is 2.68 bits per heavy atom. The molecule has 37 heavy (non-hydrogen) atoms. The zero-order valence-corrected chi connectivity index (χ0v) is 22.3. The average Bonchev–Trinajstić information content (AvgIpc) is 3.40. The summed E-state index contributed by atoms with van der Waals surface area (Å²) in [4.78, 5) is 21.9. The molecule has 1 amide bonds. The molecule has 2 aromatic heterocycles. The fourth-order valence-corrected chi connectivity index (χ4v) is 7.12. The summed E-state index contributed by atoms with van der Waals surface area (Å²) in [5, 5.41) is 11.0. The van der Waals surface area contributed by atoms with Crippen LogP contribution in [0.3, 0.4) is 0 Å². The van der Waals surface area contributed by atoms with Crippen LogP contribution < -0.4 is 10.0 Å². The lowest BCUT2D eigenvalue weighted by Crippen LogP contribution is -2.38. The summed E-state index contributed by atoms with van der Waals surface area (Å²) < 4.78 is 38.6. The second-order valence-electron chi connectivity index (χ2n) is 9.79. The Morgan fingerprint density at radius 2 is 2.00 bits per heavy atom. The Bertz CT molecular complexity index is 1300. The maximum atomic E-state index is 12.8. The fourth-order valence-electron chi connectivity index (χ4n) is 4.49. The molecule has 3 aliphatic carbocycles. The molecular formula is C24H30N6O5S2. The Labute approximate surface area is 219 Å². The van der Waals surface area contributed by atoms with Crippen molar-refractivity contribution in [2.45, 2.75) is 81.6 Å². The smallest absolute Gasteiger partial charge is 0.407 e. The van der Waals surface area contributed by atoms with Gasteiger partial charge in [0.25, 0.3) is 0 Å². The van der Waals surface area contributed by atoms with Gasteiger partial charge in [-0.2, -0.15) is 4.99 Å². The van der Waals surface area contributed by atoms with E-state index in [9.17, 15) is 13.2 Å². The molecule has 0 saturated heterocycles. The Morgan fingerprint density at radius 1 is 1.22 bits per heavy atom. The van der Waals surface area contributed by atoms with Crippen molar-refractivity contribution in [3.8, 4) is 0 Å². The van der Waals surface area contributed by atoms with Crippen molar-refractivity contribution in [2.24, 2.45) is 4.99 Å². The van der Waals surface area contributed by atoms with E-state index >= 15 is 0 Å². The van der Waals surface area contributed by atoms with E-state index in [1.807, 2.05) is 32.2 Å². The molecule has 0 aliphatic heterocycles. The summed E-state index contributed by atoms with van der Waals surface area (Å²) in [6.45, 7) is 3.66. The van der Waals surface area contributed by atoms with Gasteiger partial charge in [-0.1, -0.05) is 11.2 Å². The number of carbonyl (C=O) groups is 1. The van der Waals surface area contributed by atoms with Crippen LogP contribution in [0.4, 0.5) is 10.8 Å². The number of rotatable bonds is 8. The lowest BCUT2D eigenvalue weighted by molar-refractivity contribution is 0.109. The summed E-state index contributed by atoms with van der Waals surface area (Å²) in [5.41, 5.74) is 1.04. The van der Waals surface area contributed by atoms with Crippen molar-refractivity contribution in [3.05, 3.63) is 46.4 Å². The summed E-state index contributed by atoms with van der Waals surface area (Å²) in [7, 11) is -3.47. The number of thiazole rings is 1. The SMILES string of the molecule is CC(C)OC(=O)NC1CCC(c2ncc(C3C=C/C(=N/c4nnco4)C=C3NS(=O)(=O)C3CC3)s2)CC1. The number of nitrogens with one attached hydrogen (secondary N) is 2. The van der Waals surface area contributed by atoms with E-state index in [0.29, 0.717) is 30.2 Å².